The highest BCUT2D eigenvalue weighted by molar-refractivity contribution is 5.90. The molecule has 2 N–H and O–H groups in total. The van der Waals surface area contributed by atoms with Crippen LogP contribution in [0.5, 0.6) is 0 Å². The Morgan fingerprint density at radius 1 is 1.14 bits per heavy atom. The maximum Gasteiger partial charge on any atom is 0.255 e. The number of nitrogens with zero attached hydrogens (tertiary/aromatic N) is 3. The third kappa shape index (κ3) is 4.00. The van der Waals surface area contributed by atoms with Gasteiger partial charge in [-0.1, -0.05) is 0 Å². The van der Waals surface area contributed by atoms with Gasteiger partial charge in [-0.05, 0) is 63.9 Å². The van der Waals surface area contributed by atoms with E-state index in [0.29, 0.717) is 29.3 Å². The van der Waals surface area contributed by atoms with E-state index in [1.54, 1.807) is 18.5 Å². The van der Waals surface area contributed by atoms with Crippen molar-refractivity contribution in [3.8, 4) is 5.95 Å². The fraction of sp³-hybridized carbons (Fsp3) is 0.300. The van der Waals surface area contributed by atoms with Gasteiger partial charge in [-0.2, -0.15) is 5.10 Å². The average molecular weight is 383 g/mol. The Balaban J connectivity index is 1.76. The van der Waals surface area contributed by atoms with E-state index in [4.69, 9.17) is 0 Å². The highest BCUT2D eigenvalue weighted by atomic mass is 19.1. The maximum atomic E-state index is 12.9. The van der Waals surface area contributed by atoms with Crippen molar-refractivity contribution in [3.63, 3.8) is 0 Å². The van der Waals surface area contributed by atoms with Gasteiger partial charge in [-0.3, -0.25) is 14.6 Å². The van der Waals surface area contributed by atoms with Gasteiger partial charge in [0.05, 0.1) is 5.69 Å². The minimum absolute atomic E-state index is 0.170. The standard InChI is InChI=1S/C20H22FN5O2/c1-11-12(2)22-20(24-19(11)28)26-14(4)17(13(3)25-26)9-10-18(27)23-16-7-5-15(21)6-8-16/h5-8H,9-10H2,1-4H3,(H,23,27)(H,22,24,28). The van der Waals surface area contributed by atoms with Crippen molar-refractivity contribution in [3.05, 3.63) is 68.6 Å². The van der Waals surface area contributed by atoms with Crippen molar-refractivity contribution in [1.82, 2.24) is 19.7 Å². The number of carbonyl (C=O) groups is 1. The fourth-order valence-electron chi connectivity index (χ4n) is 2.97. The molecule has 2 aromatic heterocycles. The lowest BCUT2D eigenvalue weighted by molar-refractivity contribution is -0.116. The first-order chi connectivity index (χ1) is 13.3. The first-order valence-electron chi connectivity index (χ1n) is 8.94. The highest BCUT2D eigenvalue weighted by Gasteiger charge is 2.16. The number of rotatable bonds is 5. The molecular weight excluding hydrogens is 361 g/mol. The number of aromatic amines is 1. The number of carbonyl (C=O) groups excluding carboxylic acids is 1. The number of amides is 1. The van der Waals surface area contributed by atoms with Crippen molar-refractivity contribution in [2.45, 2.75) is 40.5 Å². The summed E-state index contributed by atoms with van der Waals surface area (Å²) in [5.74, 6) is -0.166. The van der Waals surface area contributed by atoms with Gasteiger partial charge in [-0.15, -0.1) is 0 Å². The average Bonchev–Trinajstić information content (AvgIpc) is 2.93. The molecule has 7 nitrogen and oxygen atoms in total. The van der Waals surface area contributed by atoms with E-state index in [-0.39, 0.29) is 23.7 Å². The zero-order chi connectivity index (χ0) is 20.4. The first kappa shape index (κ1) is 19.5. The van der Waals surface area contributed by atoms with Crippen molar-refractivity contribution in [2.24, 2.45) is 0 Å². The van der Waals surface area contributed by atoms with Crippen LogP contribution in [-0.4, -0.2) is 25.7 Å². The second kappa shape index (κ2) is 7.75. The molecule has 8 heteroatoms. The van der Waals surface area contributed by atoms with Gasteiger partial charge < -0.3 is 5.32 Å². The summed E-state index contributed by atoms with van der Waals surface area (Å²) in [4.78, 5) is 31.4. The van der Waals surface area contributed by atoms with E-state index in [2.05, 4.69) is 20.4 Å². The van der Waals surface area contributed by atoms with Crippen LogP contribution in [0.4, 0.5) is 10.1 Å². The summed E-state index contributed by atoms with van der Waals surface area (Å²) in [5, 5.41) is 7.22. The number of aromatic nitrogens is 4. The van der Waals surface area contributed by atoms with E-state index in [1.165, 1.54) is 24.3 Å². The molecule has 0 atom stereocenters. The Morgan fingerprint density at radius 3 is 2.46 bits per heavy atom. The van der Waals surface area contributed by atoms with Crippen LogP contribution in [0.25, 0.3) is 5.95 Å². The molecule has 2 heterocycles. The summed E-state index contributed by atoms with van der Waals surface area (Å²) in [6.07, 6.45) is 0.737. The van der Waals surface area contributed by atoms with Crippen LogP contribution in [0, 0.1) is 33.5 Å². The van der Waals surface area contributed by atoms with Crippen molar-refractivity contribution >= 4 is 11.6 Å². The molecule has 28 heavy (non-hydrogen) atoms. The minimum atomic E-state index is -0.352. The molecular formula is C20H22FN5O2. The molecule has 0 aliphatic heterocycles. The molecule has 146 valence electrons. The maximum absolute atomic E-state index is 12.9. The quantitative estimate of drug-likeness (QED) is 0.709. The topological polar surface area (TPSA) is 92.7 Å². The van der Waals surface area contributed by atoms with Gasteiger partial charge in [0.15, 0.2) is 0 Å². The number of hydrogen-bond acceptors (Lipinski definition) is 4. The Bertz CT molecular complexity index is 1080. The van der Waals surface area contributed by atoms with Gasteiger partial charge in [0.2, 0.25) is 11.9 Å². The van der Waals surface area contributed by atoms with Crippen LogP contribution in [0.3, 0.4) is 0 Å². The third-order valence-corrected chi connectivity index (χ3v) is 4.75. The summed E-state index contributed by atoms with van der Waals surface area (Å²) in [6.45, 7) is 7.23. The molecule has 0 aliphatic carbocycles. The van der Waals surface area contributed by atoms with E-state index in [1.807, 2.05) is 13.8 Å². The fourth-order valence-corrected chi connectivity index (χ4v) is 2.97. The molecule has 0 spiro atoms. The van der Waals surface area contributed by atoms with Gasteiger partial charge in [0.1, 0.15) is 5.82 Å². The van der Waals surface area contributed by atoms with Crippen LogP contribution in [-0.2, 0) is 11.2 Å². The number of H-pyrrole nitrogens is 1. The van der Waals surface area contributed by atoms with E-state index < -0.39 is 0 Å². The lowest BCUT2D eigenvalue weighted by Gasteiger charge is -2.07. The van der Waals surface area contributed by atoms with Gasteiger partial charge >= 0.3 is 0 Å². The molecule has 0 radical (unpaired) electrons. The Morgan fingerprint density at radius 2 is 1.82 bits per heavy atom. The Labute approximate surface area is 161 Å². The number of nitrogens with one attached hydrogen (secondary N) is 2. The van der Waals surface area contributed by atoms with Crippen LogP contribution >= 0.6 is 0 Å². The molecule has 3 aromatic rings. The predicted molar refractivity (Wildman–Crippen MR) is 104 cm³/mol. The van der Waals surface area contributed by atoms with E-state index >= 15 is 0 Å². The van der Waals surface area contributed by atoms with Crippen molar-refractivity contribution in [2.75, 3.05) is 5.32 Å². The zero-order valence-corrected chi connectivity index (χ0v) is 16.3. The van der Waals surface area contributed by atoms with Gasteiger partial charge in [0, 0.05) is 29.1 Å². The summed E-state index contributed by atoms with van der Waals surface area (Å²) >= 11 is 0. The van der Waals surface area contributed by atoms with E-state index in [9.17, 15) is 14.0 Å². The second-order valence-electron chi connectivity index (χ2n) is 6.72. The summed E-state index contributed by atoms with van der Waals surface area (Å²) < 4.78 is 14.5. The zero-order valence-electron chi connectivity index (χ0n) is 16.3. The van der Waals surface area contributed by atoms with Crippen LogP contribution in [0.1, 0.15) is 34.6 Å². The smallest absolute Gasteiger partial charge is 0.255 e. The molecule has 0 bridgehead atoms. The first-order valence-corrected chi connectivity index (χ1v) is 8.94. The molecule has 3 rings (SSSR count). The second-order valence-corrected chi connectivity index (χ2v) is 6.72. The summed E-state index contributed by atoms with van der Waals surface area (Å²) in [5.41, 5.74) is 4.08. The molecule has 0 unspecified atom stereocenters. The number of anilines is 1. The lowest BCUT2D eigenvalue weighted by atomic mass is 10.1. The molecule has 0 aliphatic rings. The minimum Gasteiger partial charge on any atom is -0.326 e. The Hall–Kier alpha value is -3.29. The van der Waals surface area contributed by atoms with Gasteiger partial charge in [-0.25, -0.2) is 14.1 Å². The molecule has 0 saturated heterocycles. The lowest BCUT2D eigenvalue weighted by Crippen LogP contribution is -2.18. The monoisotopic (exact) mass is 383 g/mol. The number of benzene rings is 1. The predicted octanol–water partition coefficient (Wildman–Crippen LogP) is 2.90. The van der Waals surface area contributed by atoms with Crippen LogP contribution in [0.2, 0.25) is 0 Å². The van der Waals surface area contributed by atoms with Gasteiger partial charge in [0.25, 0.3) is 5.56 Å². The molecule has 0 saturated carbocycles. The molecule has 1 amide bonds. The summed E-state index contributed by atoms with van der Waals surface area (Å²) in [6, 6.07) is 5.63. The van der Waals surface area contributed by atoms with Crippen LogP contribution in [0.15, 0.2) is 29.1 Å². The van der Waals surface area contributed by atoms with Crippen molar-refractivity contribution in [1.29, 1.82) is 0 Å². The summed E-state index contributed by atoms with van der Waals surface area (Å²) in [7, 11) is 0. The molecule has 1 aromatic carbocycles. The van der Waals surface area contributed by atoms with Crippen molar-refractivity contribution < 1.29 is 9.18 Å². The SMILES string of the molecule is Cc1nn(-c2nc(C)c(C)c(=O)[nH]2)c(C)c1CCC(=O)Nc1ccc(F)cc1. The van der Waals surface area contributed by atoms with E-state index in [0.717, 1.165) is 17.0 Å². The number of hydrogen-bond donors (Lipinski definition) is 2. The molecule has 0 fully saturated rings. The largest absolute Gasteiger partial charge is 0.326 e. The Kier molecular flexibility index (Phi) is 5.39. The number of aryl methyl sites for hydroxylation is 2. The normalized spacial score (nSPS) is 10.9. The highest BCUT2D eigenvalue weighted by Crippen LogP contribution is 2.18. The third-order valence-electron chi connectivity index (χ3n) is 4.75. The van der Waals surface area contributed by atoms with Crippen LogP contribution < -0.4 is 10.9 Å². The number of halogens is 1.